The number of alkyl carbamates (subject to hydrolysis) is 1. The molecule has 4 rings (SSSR count). The van der Waals surface area contributed by atoms with Crippen LogP contribution in [-0.2, 0) is 26.0 Å². The van der Waals surface area contributed by atoms with Gasteiger partial charge < -0.3 is 25.4 Å². The Morgan fingerprint density at radius 2 is 1.72 bits per heavy atom. The molecule has 1 fully saturated rings. The van der Waals surface area contributed by atoms with E-state index in [9.17, 15) is 18.0 Å². The predicted molar refractivity (Wildman–Crippen MR) is 180 cm³/mol. The minimum atomic E-state index is -3.89. The highest BCUT2D eigenvalue weighted by molar-refractivity contribution is 7.89. The summed E-state index contributed by atoms with van der Waals surface area (Å²) in [6, 6.07) is 15.7. The Labute approximate surface area is 281 Å². The molecule has 4 atom stereocenters. The molecule has 1 unspecified atom stereocenters. The summed E-state index contributed by atoms with van der Waals surface area (Å²) in [5.74, 6) is -1.14. The van der Waals surface area contributed by atoms with E-state index in [1.807, 2.05) is 20.8 Å². The molecule has 1 aliphatic rings. The van der Waals surface area contributed by atoms with Crippen LogP contribution in [-0.4, -0.2) is 70.2 Å². The van der Waals surface area contributed by atoms with Gasteiger partial charge in [-0.1, -0.05) is 43.6 Å². The molecule has 1 aliphatic heterocycles. The summed E-state index contributed by atoms with van der Waals surface area (Å²) < 4.78 is 54.6. The standard InChI is InChI=1S/C34H42ClFN4O6S/c1-21(2)31(23-9-11-24(35)12-10-23)32(39-34(42)46-5)33(41)38-30-8-6-7-29(36)28(30)18-13-25-20-37-19-22(3)40(25)47(43,44)27-16-14-26(45-4)15-17-27/h6-12,14-17,21-22,25,31-32,37H,13,18-20H2,1-5H3,(H,38,41)(H,39,42)/t22-,25-,31?,32-/m0/s1. The molecule has 0 aromatic heterocycles. The largest absolute Gasteiger partial charge is 0.497 e. The lowest BCUT2D eigenvalue weighted by molar-refractivity contribution is -0.118. The third-order valence-electron chi connectivity index (χ3n) is 8.43. The normalized spacial score (nSPS) is 18.3. The van der Waals surface area contributed by atoms with Crippen LogP contribution in [0.25, 0.3) is 0 Å². The Balaban J connectivity index is 1.60. The number of carbonyl (C=O) groups excluding carboxylic acids is 2. The van der Waals surface area contributed by atoms with Gasteiger partial charge in [0.1, 0.15) is 17.6 Å². The number of hydrogen-bond acceptors (Lipinski definition) is 7. The van der Waals surface area contributed by atoms with Crippen molar-refractivity contribution in [3.63, 3.8) is 0 Å². The maximum atomic E-state index is 15.4. The zero-order chi connectivity index (χ0) is 34.3. The van der Waals surface area contributed by atoms with Crippen LogP contribution in [0.5, 0.6) is 5.75 Å². The number of carbonyl (C=O) groups is 2. The SMILES string of the molecule is COC(=O)N[C@H](C(=O)Nc1cccc(F)c1CC[C@H]1CNC[C@H](C)N1S(=O)(=O)c1ccc(OC)cc1)C(c1ccc(Cl)cc1)C(C)C. The number of rotatable bonds is 12. The van der Waals surface area contributed by atoms with Gasteiger partial charge in [0.15, 0.2) is 0 Å². The molecule has 2 amide bonds. The minimum Gasteiger partial charge on any atom is -0.497 e. The number of piperazine rings is 1. The third-order valence-corrected chi connectivity index (χ3v) is 10.8. The molecular formula is C34H42ClFN4O6S. The molecule has 0 saturated carbocycles. The van der Waals surface area contributed by atoms with Crippen molar-refractivity contribution in [3.8, 4) is 5.75 Å². The van der Waals surface area contributed by atoms with Gasteiger partial charge in [0.2, 0.25) is 15.9 Å². The molecule has 3 aromatic rings. The molecule has 47 heavy (non-hydrogen) atoms. The molecule has 1 heterocycles. The molecular weight excluding hydrogens is 647 g/mol. The number of nitrogens with zero attached hydrogens (tertiary/aromatic N) is 1. The van der Waals surface area contributed by atoms with Gasteiger partial charge in [-0.25, -0.2) is 17.6 Å². The molecule has 0 aliphatic carbocycles. The fraction of sp³-hybridized carbons (Fsp3) is 0.412. The highest BCUT2D eigenvalue weighted by Crippen LogP contribution is 2.32. The number of hydrogen-bond donors (Lipinski definition) is 3. The average molecular weight is 689 g/mol. The Morgan fingerprint density at radius 3 is 2.34 bits per heavy atom. The number of sulfonamides is 1. The van der Waals surface area contributed by atoms with Gasteiger partial charge in [0.25, 0.3) is 0 Å². The van der Waals surface area contributed by atoms with Gasteiger partial charge in [-0.05, 0) is 79.8 Å². The van der Waals surface area contributed by atoms with Crippen molar-refractivity contribution in [2.45, 2.75) is 62.6 Å². The fourth-order valence-electron chi connectivity index (χ4n) is 6.13. The smallest absolute Gasteiger partial charge is 0.407 e. The van der Waals surface area contributed by atoms with Crippen LogP contribution in [0.3, 0.4) is 0 Å². The summed E-state index contributed by atoms with van der Waals surface area (Å²) in [7, 11) is -1.17. The third kappa shape index (κ3) is 8.61. The number of benzene rings is 3. The molecule has 254 valence electrons. The second kappa shape index (κ2) is 15.9. The maximum Gasteiger partial charge on any atom is 0.407 e. The van der Waals surface area contributed by atoms with E-state index in [2.05, 4.69) is 16.0 Å². The number of nitrogens with one attached hydrogen (secondary N) is 3. The van der Waals surface area contributed by atoms with E-state index in [0.29, 0.717) is 23.9 Å². The zero-order valence-corrected chi connectivity index (χ0v) is 28.7. The van der Waals surface area contributed by atoms with Crippen LogP contribution in [0.1, 0.15) is 44.2 Å². The number of anilines is 1. The van der Waals surface area contributed by atoms with Gasteiger partial charge in [0.05, 0.1) is 19.1 Å². The Morgan fingerprint density at radius 1 is 1.04 bits per heavy atom. The molecule has 10 nitrogen and oxygen atoms in total. The second-order valence-corrected chi connectivity index (χ2v) is 14.2. The molecule has 0 spiro atoms. The molecule has 3 N–H and O–H groups in total. The first-order valence-corrected chi connectivity index (χ1v) is 17.3. The average Bonchev–Trinajstić information content (AvgIpc) is 3.04. The summed E-state index contributed by atoms with van der Waals surface area (Å²) in [6.07, 6.45) is -0.378. The van der Waals surface area contributed by atoms with Crippen LogP contribution < -0.4 is 20.7 Å². The summed E-state index contributed by atoms with van der Waals surface area (Å²) in [6.45, 7) is 6.52. The maximum absolute atomic E-state index is 15.4. The second-order valence-electron chi connectivity index (χ2n) is 11.9. The highest BCUT2D eigenvalue weighted by Gasteiger charge is 2.38. The summed E-state index contributed by atoms with van der Waals surface area (Å²) >= 11 is 6.10. The van der Waals surface area contributed by atoms with Gasteiger partial charge >= 0.3 is 6.09 Å². The van der Waals surface area contributed by atoms with E-state index in [0.717, 1.165) is 5.56 Å². The summed E-state index contributed by atoms with van der Waals surface area (Å²) in [4.78, 5) is 26.5. The number of amides is 2. The van der Waals surface area contributed by atoms with Crippen LogP contribution >= 0.6 is 11.6 Å². The number of ether oxygens (including phenoxy) is 2. The van der Waals surface area contributed by atoms with Crippen molar-refractivity contribution in [2.75, 3.05) is 32.6 Å². The lowest BCUT2D eigenvalue weighted by Gasteiger charge is -2.40. The van der Waals surface area contributed by atoms with Crippen LogP contribution in [0.4, 0.5) is 14.9 Å². The van der Waals surface area contributed by atoms with Crippen molar-refractivity contribution >= 4 is 39.3 Å². The summed E-state index contributed by atoms with van der Waals surface area (Å²) in [5, 5.41) is 9.31. The summed E-state index contributed by atoms with van der Waals surface area (Å²) in [5.41, 5.74) is 1.23. The number of halogens is 2. The Kier molecular flexibility index (Phi) is 12.2. The first-order chi connectivity index (χ1) is 22.4. The molecule has 0 radical (unpaired) electrons. The fourth-order valence-corrected chi connectivity index (χ4v) is 8.10. The van der Waals surface area contributed by atoms with E-state index in [1.54, 1.807) is 42.5 Å². The Hall–Kier alpha value is -3.71. The molecule has 0 bridgehead atoms. The number of methoxy groups -OCH3 is 2. The van der Waals surface area contributed by atoms with Gasteiger partial charge in [-0.2, -0.15) is 4.31 Å². The van der Waals surface area contributed by atoms with Crippen molar-refractivity contribution in [3.05, 3.63) is 88.7 Å². The van der Waals surface area contributed by atoms with Gasteiger partial charge in [0, 0.05) is 47.4 Å². The van der Waals surface area contributed by atoms with Gasteiger partial charge in [-0.15, -0.1) is 0 Å². The lowest BCUT2D eigenvalue weighted by atomic mass is 9.82. The van der Waals surface area contributed by atoms with Crippen molar-refractivity contribution < 1.29 is 31.9 Å². The monoisotopic (exact) mass is 688 g/mol. The van der Waals surface area contributed by atoms with E-state index in [-0.39, 0.29) is 40.9 Å². The lowest BCUT2D eigenvalue weighted by Crippen LogP contribution is -2.58. The van der Waals surface area contributed by atoms with Crippen molar-refractivity contribution in [2.24, 2.45) is 5.92 Å². The molecule has 1 saturated heterocycles. The van der Waals surface area contributed by atoms with Crippen LogP contribution in [0.15, 0.2) is 71.6 Å². The zero-order valence-electron chi connectivity index (χ0n) is 27.1. The van der Waals surface area contributed by atoms with Crippen LogP contribution in [0, 0.1) is 11.7 Å². The van der Waals surface area contributed by atoms with Crippen molar-refractivity contribution in [1.29, 1.82) is 0 Å². The topological polar surface area (TPSA) is 126 Å². The van der Waals surface area contributed by atoms with E-state index < -0.39 is 45.8 Å². The van der Waals surface area contributed by atoms with E-state index in [4.69, 9.17) is 21.1 Å². The van der Waals surface area contributed by atoms with E-state index >= 15 is 4.39 Å². The van der Waals surface area contributed by atoms with Crippen molar-refractivity contribution in [1.82, 2.24) is 14.9 Å². The molecule has 13 heteroatoms. The molecule has 3 aromatic carbocycles. The predicted octanol–water partition coefficient (Wildman–Crippen LogP) is 5.57. The first-order valence-electron chi connectivity index (χ1n) is 15.4. The Bertz CT molecular complexity index is 1640. The van der Waals surface area contributed by atoms with Crippen LogP contribution in [0.2, 0.25) is 5.02 Å². The first kappa shape index (κ1) is 36.1. The quantitative estimate of drug-likeness (QED) is 0.227. The highest BCUT2D eigenvalue weighted by atomic mass is 35.5. The van der Waals surface area contributed by atoms with E-state index in [1.165, 1.54) is 42.8 Å². The van der Waals surface area contributed by atoms with Gasteiger partial charge in [-0.3, -0.25) is 4.79 Å². The minimum absolute atomic E-state index is 0.101.